The minimum atomic E-state index is -0.570. The average molecular weight is 669 g/mol. The largest absolute Gasteiger partial charge is 0.493 e. The molecule has 0 saturated carbocycles. The molecule has 238 valence electrons. The number of carbonyl (C=O) groups is 3. The lowest BCUT2D eigenvalue weighted by atomic mass is 10.1. The summed E-state index contributed by atoms with van der Waals surface area (Å²) in [6.45, 7) is 0. The van der Waals surface area contributed by atoms with Crippen molar-refractivity contribution in [3.8, 4) is 22.8 Å². The zero-order valence-electron chi connectivity index (χ0n) is 25.3. The second-order valence-electron chi connectivity index (χ2n) is 9.82. The van der Waals surface area contributed by atoms with Crippen LogP contribution in [0.4, 0.5) is 15.2 Å². The van der Waals surface area contributed by atoms with E-state index in [1.54, 1.807) is 84.2 Å². The standard InChI is InChI=1S/C35H29FN4O5S2/c1-44-30-13-6-10-24(32(30)45-2)18-28(38-33(42)23-8-4-3-5-9-23)34(43)37-26-11-7-12-27(19-26)46-21-31(41)40-35-39-29(20-47-35)22-14-16-25(36)17-15-22/h3-20H,21H2,1-2H3,(H,37,43)(H,38,42)(H,39,40,41)/b28-18+. The number of amides is 3. The molecule has 1 heterocycles. The molecular formula is C35H29FN4O5S2. The van der Waals surface area contributed by atoms with Crippen molar-refractivity contribution in [2.45, 2.75) is 4.90 Å². The summed E-state index contributed by atoms with van der Waals surface area (Å²) in [6.07, 6.45) is 1.51. The maximum absolute atomic E-state index is 13.6. The smallest absolute Gasteiger partial charge is 0.272 e. The summed E-state index contributed by atoms with van der Waals surface area (Å²) < 4.78 is 24.1. The second-order valence-corrected chi connectivity index (χ2v) is 11.7. The Morgan fingerprint density at radius 2 is 1.66 bits per heavy atom. The summed E-state index contributed by atoms with van der Waals surface area (Å²) in [7, 11) is 3.00. The fourth-order valence-corrected chi connectivity index (χ4v) is 5.87. The van der Waals surface area contributed by atoms with Gasteiger partial charge in [-0.25, -0.2) is 9.37 Å². The summed E-state index contributed by atoms with van der Waals surface area (Å²) in [5, 5.41) is 10.6. The SMILES string of the molecule is COc1cccc(/C=C(/NC(=O)c2ccccc2)C(=O)Nc2cccc(SCC(=O)Nc3nc(-c4ccc(F)cc4)cs3)c2)c1OC. The average Bonchev–Trinajstić information content (AvgIpc) is 3.56. The van der Waals surface area contributed by atoms with Gasteiger partial charge >= 0.3 is 0 Å². The third kappa shape index (κ3) is 8.84. The highest BCUT2D eigenvalue weighted by atomic mass is 32.2. The van der Waals surface area contributed by atoms with Crippen LogP contribution in [0.15, 0.2) is 113 Å². The summed E-state index contributed by atoms with van der Waals surface area (Å²) in [5.41, 5.74) is 2.72. The van der Waals surface area contributed by atoms with Crippen LogP contribution in [0, 0.1) is 5.82 Å². The predicted molar refractivity (Wildman–Crippen MR) is 183 cm³/mol. The Bertz CT molecular complexity index is 1910. The first kappa shape index (κ1) is 32.9. The molecule has 1 aromatic heterocycles. The number of rotatable bonds is 12. The number of methoxy groups -OCH3 is 2. The fraction of sp³-hybridized carbons (Fsp3) is 0.0857. The van der Waals surface area contributed by atoms with Crippen LogP contribution in [0.25, 0.3) is 17.3 Å². The number of para-hydroxylation sites is 1. The van der Waals surface area contributed by atoms with E-state index in [0.29, 0.717) is 39.1 Å². The van der Waals surface area contributed by atoms with Crippen molar-refractivity contribution < 1.29 is 28.2 Å². The molecule has 3 N–H and O–H groups in total. The summed E-state index contributed by atoms with van der Waals surface area (Å²) in [5.74, 6) is -0.669. The molecule has 0 aliphatic carbocycles. The van der Waals surface area contributed by atoms with E-state index in [0.717, 1.165) is 10.5 Å². The van der Waals surface area contributed by atoms with Crippen molar-refractivity contribution in [2.75, 3.05) is 30.6 Å². The molecular weight excluding hydrogens is 640 g/mol. The summed E-state index contributed by atoms with van der Waals surface area (Å²) in [4.78, 5) is 44.4. The van der Waals surface area contributed by atoms with E-state index in [-0.39, 0.29) is 23.2 Å². The van der Waals surface area contributed by atoms with Gasteiger partial charge < -0.3 is 25.4 Å². The first-order chi connectivity index (χ1) is 22.8. The zero-order valence-corrected chi connectivity index (χ0v) is 26.9. The Morgan fingerprint density at radius 3 is 2.40 bits per heavy atom. The molecule has 12 heteroatoms. The Morgan fingerprint density at radius 1 is 0.894 bits per heavy atom. The van der Waals surface area contributed by atoms with Gasteiger partial charge in [0.05, 0.1) is 25.7 Å². The van der Waals surface area contributed by atoms with Crippen molar-refractivity contribution in [3.05, 3.63) is 125 Å². The summed E-state index contributed by atoms with van der Waals surface area (Å²) >= 11 is 2.55. The number of thiazole rings is 1. The van der Waals surface area contributed by atoms with Gasteiger partial charge in [0.15, 0.2) is 16.6 Å². The van der Waals surface area contributed by atoms with Gasteiger partial charge in [-0.2, -0.15) is 0 Å². The van der Waals surface area contributed by atoms with E-state index in [1.165, 1.54) is 55.5 Å². The van der Waals surface area contributed by atoms with Crippen LogP contribution in [-0.4, -0.2) is 42.7 Å². The predicted octanol–water partition coefficient (Wildman–Crippen LogP) is 7.11. The maximum atomic E-state index is 13.6. The molecule has 0 bridgehead atoms. The van der Waals surface area contributed by atoms with E-state index >= 15 is 0 Å². The van der Waals surface area contributed by atoms with Crippen molar-refractivity contribution in [1.29, 1.82) is 0 Å². The fourth-order valence-electron chi connectivity index (χ4n) is 4.37. The quantitative estimate of drug-likeness (QED) is 0.0958. The van der Waals surface area contributed by atoms with Crippen molar-refractivity contribution >= 4 is 57.7 Å². The maximum Gasteiger partial charge on any atom is 0.272 e. The van der Waals surface area contributed by atoms with Crippen LogP contribution in [-0.2, 0) is 9.59 Å². The van der Waals surface area contributed by atoms with E-state index < -0.39 is 11.8 Å². The van der Waals surface area contributed by atoms with Gasteiger partial charge in [0, 0.05) is 32.7 Å². The van der Waals surface area contributed by atoms with Gasteiger partial charge in [-0.1, -0.05) is 36.4 Å². The lowest BCUT2D eigenvalue weighted by molar-refractivity contribution is -0.114. The highest BCUT2D eigenvalue weighted by Gasteiger charge is 2.18. The van der Waals surface area contributed by atoms with Crippen molar-refractivity contribution in [2.24, 2.45) is 0 Å². The molecule has 0 saturated heterocycles. The van der Waals surface area contributed by atoms with Crippen LogP contribution in [0.5, 0.6) is 11.5 Å². The van der Waals surface area contributed by atoms with Gasteiger partial charge in [0.2, 0.25) is 5.91 Å². The molecule has 0 aliphatic heterocycles. The number of nitrogens with one attached hydrogen (secondary N) is 3. The normalized spacial score (nSPS) is 11.0. The first-order valence-corrected chi connectivity index (χ1v) is 16.0. The van der Waals surface area contributed by atoms with E-state index in [1.807, 2.05) is 6.07 Å². The highest BCUT2D eigenvalue weighted by molar-refractivity contribution is 8.00. The molecule has 0 spiro atoms. The van der Waals surface area contributed by atoms with Crippen LogP contribution in [0.2, 0.25) is 0 Å². The molecule has 0 fully saturated rings. The topological polar surface area (TPSA) is 119 Å². The molecule has 3 amide bonds. The number of hydrogen-bond donors (Lipinski definition) is 3. The first-order valence-electron chi connectivity index (χ1n) is 14.2. The molecule has 5 aromatic rings. The number of carbonyl (C=O) groups excluding carboxylic acids is 3. The van der Waals surface area contributed by atoms with Crippen molar-refractivity contribution in [1.82, 2.24) is 10.3 Å². The van der Waals surface area contributed by atoms with Gasteiger partial charge in [-0.15, -0.1) is 23.1 Å². The van der Waals surface area contributed by atoms with Gasteiger partial charge in [0.1, 0.15) is 11.5 Å². The molecule has 0 unspecified atom stereocenters. The Hall–Kier alpha value is -5.46. The minimum Gasteiger partial charge on any atom is -0.493 e. The number of anilines is 2. The van der Waals surface area contributed by atoms with Crippen LogP contribution in [0.3, 0.4) is 0 Å². The second kappa shape index (κ2) is 15.7. The number of nitrogens with zero attached hydrogens (tertiary/aromatic N) is 1. The molecule has 0 radical (unpaired) electrons. The van der Waals surface area contributed by atoms with Crippen molar-refractivity contribution in [3.63, 3.8) is 0 Å². The number of thioether (sulfide) groups is 1. The Labute approximate surface area is 278 Å². The monoisotopic (exact) mass is 668 g/mol. The van der Waals surface area contributed by atoms with E-state index in [4.69, 9.17) is 9.47 Å². The van der Waals surface area contributed by atoms with Gasteiger partial charge in [-0.05, 0) is 66.7 Å². The molecule has 0 atom stereocenters. The van der Waals surface area contributed by atoms with E-state index in [2.05, 4.69) is 20.9 Å². The lowest BCUT2D eigenvalue weighted by Crippen LogP contribution is -2.30. The van der Waals surface area contributed by atoms with Crippen LogP contribution < -0.4 is 25.4 Å². The number of ether oxygens (including phenoxy) is 2. The third-order valence-electron chi connectivity index (χ3n) is 6.61. The number of hydrogen-bond acceptors (Lipinski definition) is 8. The number of benzene rings is 4. The third-order valence-corrected chi connectivity index (χ3v) is 8.37. The lowest BCUT2D eigenvalue weighted by Gasteiger charge is -2.14. The number of aromatic nitrogens is 1. The molecule has 0 aliphatic rings. The molecule has 47 heavy (non-hydrogen) atoms. The van der Waals surface area contributed by atoms with Gasteiger partial charge in [-0.3, -0.25) is 14.4 Å². The zero-order chi connectivity index (χ0) is 33.2. The Kier molecular flexibility index (Phi) is 11.0. The highest BCUT2D eigenvalue weighted by Crippen LogP contribution is 2.32. The number of halogens is 1. The Balaban J connectivity index is 1.27. The molecule has 9 nitrogen and oxygen atoms in total. The van der Waals surface area contributed by atoms with Crippen LogP contribution in [0.1, 0.15) is 15.9 Å². The summed E-state index contributed by atoms with van der Waals surface area (Å²) in [6, 6.07) is 26.7. The molecule has 5 rings (SSSR count). The van der Waals surface area contributed by atoms with Gasteiger partial charge in [0.25, 0.3) is 11.8 Å². The van der Waals surface area contributed by atoms with Crippen LogP contribution >= 0.6 is 23.1 Å². The molecule has 4 aromatic carbocycles. The van der Waals surface area contributed by atoms with E-state index in [9.17, 15) is 18.8 Å². The minimum absolute atomic E-state index is 0.0219.